The van der Waals surface area contributed by atoms with E-state index in [-0.39, 0.29) is 22.9 Å². The van der Waals surface area contributed by atoms with Crippen LogP contribution in [0.25, 0.3) is 0 Å². The van der Waals surface area contributed by atoms with Crippen LogP contribution in [0, 0.1) is 34.5 Å². The molecule has 4 aliphatic rings. The average molecular weight is 449 g/mol. The third-order valence-electron chi connectivity index (χ3n) is 10.1. The first-order chi connectivity index (χ1) is 15.2. The van der Waals surface area contributed by atoms with Crippen LogP contribution in [0.3, 0.4) is 0 Å². The minimum absolute atomic E-state index is 0.0593. The minimum Gasteiger partial charge on any atom is -0.393 e. The molecule has 7 nitrogen and oxygen atoms in total. The molecule has 7 N–H and O–H groups in total. The predicted molar refractivity (Wildman–Crippen MR) is 126 cm³/mol. The van der Waals surface area contributed by atoms with Crippen molar-refractivity contribution in [1.82, 2.24) is 5.48 Å². The Labute approximate surface area is 193 Å². The number of rotatable bonds is 7. The first kappa shape index (κ1) is 24.0. The first-order valence-electron chi connectivity index (χ1n) is 12.7. The lowest BCUT2D eigenvalue weighted by molar-refractivity contribution is -0.207. The topological polar surface area (TPSA) is 126 Å². The number of hydroxylamine groups is 1. The summed E-state index contributed by atoms with van der Waals surface area (Å²) in [5.74, 6) is 2.09. The maximum Gasteiger partial charge on any atom is 0.185 e. The summed E-state index contributed by atoms with van der Waals surface area (Å²) in [6.45, 7) is 6.29. The third-order valence-corrected chi connectivity index (χ3v) is 10.1. The molecule has 0 aromatic rings. The van der Waals surface area contributed by atoms with Gasteiger partial charge in [-0.25, -0.2) is 0 Å². The predicted octanol–water partition coefficient (Wildman–Crippen LogP) is 2.47. The SMILES string of the molecule is C[C@]12CC[C@H](O)C[C@H]1CC[C@@H]1[C@@H]2CC[C@]2(C)[C@@H](/C=C/CNOCCN=C(N)N)CC[C@]12O. The molecule has 0 amide bonds. The van der Waals surface area contributed by atoms with Crippen LogP contribution in [0.1, 0.15) is 71.6 Å². The van der Waals surface area contributed by atoms with Crippen LogP contribution in [0.5, 0.6) is 0 Å². The fourth-order valence-corrected chi connectivity index (χ4v) is 8.18. The smallest absolute Gasteiger partial charge is 0.185 e. The normalized spacial score (nSPS) is 45.8. The molecule has 0 aliphatic heterocycles. The molecule has 7 heteroatoms. The Morgan fingerprint density at radius 3 is 2.69 bits per heavy atom. The molecule has 32 heavy (non-hydrogen) atoms. The van der Waals surface area contributed by atoms with Crippen LogP contribution in [-0.2, 0) is 4.84 Å². The summed E-state index contributed by atoms with van der Waals surface area (Å²) in [7, 11) is 0. The van der Waals surface area contributed by atoms with Crippen LogP contribution in [0.4, 0.5) is 0 Å². The van der Waals surface area contributed by atoms with Crippen molar-refractivity contribution < 1.29 is 15.1 Å². The van der Waals surface area contributed by atoms with Gasteiger partial charge in [0.1, 0.15) is 0 Å². The van der Waals surface area contributed by atoms with Crippen molar-refractivity contribution in [2.75, 3.05) is 19.7 Å². The van der Waals surface area contributed by atoms with Gasteiger partial charge in [-0.1, -0.05) is 26.0 Å². The number of hydrogen-bond acceptors (Lipinski definition) is 5. The van der Waals surface area contributed by atoms with Crippen LogP contribution in [0.2, 0.25) is 0 Å². The number of guanidine groups is 1. The summed E-state index contributed by atoms with van der Waals surface area (Å²) in [4.78, 5) is 9.24. The Bertz CT molecular complexity index is 726. The van der Waals surface area contributed by atoms with Crippen LogP contribution in [-0.4, -0.2) is 47.6 Å². The van der Waals surface area contributed by atoms with E-state index in [9.17, 15) is 10.2 Å². The lowest BCUT2D eigenvalue weighted by Crippen LogP contribution is -2.62. The van der Waals surface area contributed by atoms with Crippen molar-refractivity contribution in [2.45, 2.75) is 83.3 Å². The van der Waals surface area contributed by atoms with Gasteiger partial charge in [-0.2, -0.15) is 5.48 Å². The van der Waals surface area contributed by atoms with Gasteiger partial charge in [0, 0.05) is 12.0 Å². The second kappa shape index (κ2) is 9.24. The summed E-state index contributed by atoms with van der Waals surface area (Å²) in [5.41, 5.74) is 13.2. The molecule has 0 radical (unpaired) electrons. The molecule has 4 rings (SSSR count). The van der Waals surface area contributed by atoms with Gasteiger partial charge in [-0.15, -0.1) is 0 Å². The van der Waals surface area contributed by atoms with Gasteiger partial charge in [0.2, 0.25) is 0 Å². The van der Waals surface area contributed by atoms with Gasteiger partial charge >= 0.3 is 0 Å². The largest absolute Gasteiger partial charge is 0.393 e. The maximum absolute atomic E-state index is 12.2. The van der Waals surface area contributed by atoms with Crippen LogP contribution < -0.4 is 16.9 Å². The zero-order valence-corrected chi connectivity index (χ0v) is 19.9. The number of fused-ring (bicyclic) bond motifs is 5. The fraction of sp³-hybridized carbons (Fsp3) is 0.880. The molecule has 0 bridgehead atoms. The third kappa shape index (κ3) is 4.10. The molecule has 0 spiro atoms. The Kier molecular flexibility index (Phi) is 6.93. The lowest BCUT2D eigenvalue weighted by Gasteiger charge is -2.63. The maximum atomic E-state index is 12.2. The monoisotopic (exact) mass is 448 g/mol. The van der Waals surface area contributed by atoms with Gasteiger partial charge < -0.3 is 21.7 Å². The van der Waals surface area contributed by atoms with Gasteiger partial charge in [0.05, 0.1) is 24.9 Å². The standard InChI is InChI=1S/C25H44N4O3/c1-23-10-8-19(30)16-18(23)5-6-21-20(23)9-11-24(2)17(7-12-25(21,24)31)4-3-13-29-32-15-14-28-22(26)27/h3-4,17-21,29-31H,5-16H2,1-2H3,(H4,26,27,28)/b4-3+/t17-,18+,19-,20-,21+,23-,24+,25-/m0/s1. The number of nitrogens with one attached hydrogen (secondary N) is 1. The van der Waals surface area contributed by atoms with Crippen molar-refractivity contribution in [3.8, 4) is 0 Å². The van der Waals surface area contributed by atoms with E-state index in [4.69, 9.17) is 16.3 Å². The van der Waals surface area contributed by atoms with Gasteiger partial charge in [-0.3, -0.25) is 9.83 Å². The summed E-state index contributed by atoms with van der Waals surface area (Å²) < 4.78 is 0. The molecule has 0 unspecified atom stereocenters. The summed E-state index contributed by atoms with van der Waals surface area (Å²) in [6.07, 6.45) is 13.9. The second-order valence-electron chi connectivity index (χ2n) is 11.4. The Balaban J connectivity index is 1.37. The number of nitrogens with two attached hydrogens (primary N) is 2. The summed E-state index contributed by atoms with van der Waals surface area (Å²) >= 11 is 0. The number of aliphatic hydroxyl groups excluding tert-OH is 1. The molecule has 4 fully saturated rings. The molecule has 8 atom stereocenters. The second-order valence-corrected chi connectivity index (χ2v) is 11.4. The van der Waals surface area contributed by atoms with Gasteiger partial charge in [-0.05, 0) is 86.9 Å². The van der Waals surface area contributed by atoms with Crippen molar-refractivity contribution in [1.29, 1.82) is 0 Å². The molecule has 0 aromatic heterocycles. The van der Waals surface area contributed by atoms with E-state index >= 15 is 0 Å². The molecule has 0 heterocycles. The number of aliphatic hydroxyl groups is 2. The van der Waals surface area contributed by atoms with E-state index in [0.29, 0.717) is 43.4 Å². The highest BCUT2D eigenvalue weighted by Crippen LogP contribution is 2.69. The molecule has 182 valence electrons. The number of aliphatic imine (C=N–C) groups is 1. The number of hydrogen-bond donors (Lipinski definition) is 5. The Morgan fingerprint density at radius 2 is 1.91 bits per heavy atom. The highest BCUT2D eigenvalue weighted by Gasteiger charge is 2.66. The lowest BCUT2D eigenvalue weighted by atomic mass is 9.43. The minimum atomic E-state index is -0.570. The molecule has 0 saturated heterocycles. The van der Waals surface area contributed by atoms with E-state index in [0.717, 1.165) is 51.4 Å². The van der Waals surface area contributed by atoms with E-state index in [1.807, 2.05) is 0 Å². The summed E-state index contributed by atoms with van der Waals surface area (Å²) in [6, 6.07) is 0. The first-order valence-corrected chi connectivity index (χ1v) is 12.7. The van der Waals surface area contributed by atoms with E-state index in [2.05, 4.69) is 36.5 Å². The Hall–Kier alpha value is -1.15. The van der Waals surface area contributed by atoms with Crippen LogP contribution >= 0.6 is 0 Å². The number of nitrogens with zero attached hydrogens (tertiary/aromatic N) is 1. The molecule has 0 aromatic carbocycles. The summed E-state index contributed by atoms with van der Waals surface area (Å²) in [5, 5.41) is 22.4. The average Bonchev–Trinajstić information content (AvgIpc) is 3.01. The molecular formula is C25H44N4O3. The van der Waals surface area contributed by atoms with E-state index in [1.165, 1.54) is 6.42 Å². The number of allylic oxidation sites excluding steroid dienone is 1. The van der Waals surface area contributed by atoms with Crippen molar-refractivity contribution in [3.63, 3.8) is 0 Å². The van der Waals surface area contributed by atoms with E-state index in [1.54, 1.807) is 0 Å². The molecular weight excluding hydrogens is 404 g/mol. The van der Waals surface area contributed by atoms with Crippen molar-refractivity contribution in [2.24, 2.45) is 51.0 Å². The Morgan fingerprint density at radius 1 is 1.09 bits per heavy atom. The quantitative estimate of drug-likeness (QED) is 0.134. The van der Waals surface area contributed by atoms with Crippen molar-refractivity contribution >= 4 is 5.96 Å². The molecule has 4 aliphatic carbocycles. The highest BCUT2D eigenvalue weighted by molar-refractivity contribution is 5.75. The molecule has 4 saturated carbocycles. The fourth-order valence-electron chi connectivity index (χ4n) is 8.18. The van der Waals surface area contributed by atoms with E-state index < -0.39 is 5.60 Å². The van der Waals surface area contributed by atoms with Crippen LogP contribution in [0.15, 0.2) is 17.1 Å². The highest BCUT2D eigenvalue weighted by atomic mass is 16.6. The van der Waals surface area contributed by atoms with Gasteiger partial charge in [0.15, 0.2) is 5.96 Å². The van der Waals surface area contributed by atoms with Crippen molar-refractivity contribution in [3.05, 3.63) is 12.2 Å². The van der Waals surface area contributed by atoms with Gasteiger partial charge in [0.25, 0.3) is 0 Å². The zero-order chi connectivity index (χ0) is 23.0. The zero-order valence-electron chi connectivity index (χ0n) is 19.9.